The molecule has 0 heterocycles. The second-order valence-electron chi connectivity index (χ2n) is 4.06. The second kappa shape index (κ2) is 8.16. The van der Waals surface area contributed by atoms with Crippen molar-refractivity contribution < 1.29 is 28.9 Å². The fourth-order valence-corrected chi connectivity index (χ4v) is 1.58. The van der Waals surface area contributed by atoms with Gasteiger partial charge in [0.25, 0.3) is 0 Å². The van der Waals surface area contributed by atoms with Crippen molar-refractivity contribution in [3.05, 3.63) is 29.3 Å². The van der Waals surface area contributed by atoms with Gasteiger partial charge in [-0.3, -0.25) is 0 Å². The number of unbranched alkanes of at least 4 members (excludes halogenated alkanes) is 1. The smallest absolute Gasteiger partial charge is 0.341 e. The average molecular weight is 282 g/mol. The Hall–Kier alpha value is -2.08. The first kappa shape index (κ1) is 16.0. The summed E-state index contributed by atoms with van der Waals surface area (Å²) in [5.74, 6) is -1.42. The van der Waals surface area contributed by atoms with Crippen molar-refractivity contribution in [2.45, 2.75) is 12.8 Å². The molecule has 0 fully saturated rings. The van der Waals surface area contributed by atoms with Gasteiger partial charge in [-0.2, -0.15) is 0 Å². The molecule has 6 heteroatoms. The molecule has 1 aromatic carbocycles. The molecular formula is C14H18O6. The summed E-state index contributed by atoms with van der Waals surface area (Å²) in [7, 11) is 2.88. The van der Waals surface area contributed by atoms with Crippen molar-refractivity contribution in [3.8, 4) is 5.75 Å². The van der Waals surface area contributed by atoms with Crippen molar-refractivity contribution in [2.75, 3.05) is 27.4 Å². The second-order valence-corrected chi connectivity index (χ2v) is 4.06. The standard InChI is InChI=1S/C14H18O6/c1-18-7-3-4-8-20-12-9-10(13(15)16)5-6-11(12)14(17)19-2/h5-6,9H,3-4,7-8H2,1-2H3,(H,15,16). The highest BCUT2D eigenvalue weighted by Crippen LogP contribution is 2.22. The van der Waals surface area contributed by atoms with Crippen LogP contribution in [0.3, 0.4) is 0 Å². The minimum atomic E-state index is -1.08. The lowest BCUT2D eigenvalue weighted by Gasteiger charge is -2.11. The fraction of sp³-hybridized carbons (Fsp3) is 0.429. The summed E-state index contributed by atoms with van der Waals surface area (Å²) in [6.45, 7) is 0.999. The predicted molar refractivity (Wildman–Crippen MR) is 71.3 cm³/mol. The van der Waals surface area contributed by atoms with Gasteiger partial charge in [0.05, 0.1) is 19.3 Å². The molecule has 0 radical (unpaired) electrons. The molecule has 0 aromatic heterocycles. The van der Waals surface area contributed by atoms with Gasteiger partial charge in [0.1, 0.15) is 11.3 Å². The molecular weight excluding hydrogens is 264 g/mol. The number of hydrogen-bond acceptors (Lipinski definition) is 5. The lowest BCUT2D eigenvalue weighted by molar-refractivity contribution is 0.0593. The monoisotopic (exact) mass is 282 g/mol. The summed E-state index contributed by atoms with van der Waals surface area (Å²) in [5.41, 5.74) is 0.272. The quantitative estimate of drug-likeness (QED) is 0.580. The molecule has 110 valence electrons. The number of benzene rings is 1. The van der Waals surface area contributed by atoms with Gasteiger partial charge in [0.15, 0.2) is 0 Å². The van der Waals surface area contributed by atoms with Crippen molar-refractivity contribution in [2.24, 2.45) is 0 Å². The summed E-state index contributed by atoms with van der Waals surface area (Å²) >= 11 is 0. The lowest BCUT2D eigenvalue weighted by atomic mass is 10.1. The summed E-state index contributed by atoms with van der Waals surface area (Å²) in [6, 6.07) is 4.05. The van der Waals surface area contributed by atoms with E-state index in [2.05, 4.69) is 4.74 Å². The van der Waals surface area contributed by atoms with Gasteiger partial charge in [0.2, 0.25) is 0 Å². The summed E-state index contributed by atoms with van der Waals surface area (Å²) in [6.07, 6.45) is 1.56. The van der Waals surface area contributed by atoms with Gasteiger partial charge < -0.3 is 19.3 Å². The van der Waals surface area contributed by atoms with Crippen LogP contribution in [0.5, 0.6) is 5.75 Å². The van der Waals surface area contributed by atoms with E-state index in [0.717, 1.165) is 12.8 Å². The molecule has 0 unspecified atom stereocenters. The molecule has 6 nitrogen and oxygen atoms in total. The molecule has 0 saturated carbocycles. The van der Waals surface area contributed by atoms with Gasteiger partial charge in [-0.05, 0) is 31.0 Å². The third-order valence-electron chi connectivity index (χ3n) is 2.63. The van der Waals surface area contributed by atoms with Crippen LogP contribution in [0.2, 0.25) is 0 Å². The number of hydrogen-bond donors (Lipinski definition) is 1. The molecule has 0 aliphatic carbocycles. The predicted octanol–water partition coefficient (Wildman–Crippen LogP) is 1.98. The van der Waals surface area contributed by atoms with Crippen molar-refractivity contribution in [3.63, 3.8) is 0 Å². The zero-order chi connectivity index (χ0) is 15.0. The third kappa shape index (κ3) is 4.55. The van der Waals surface area contributed by atoms with Gasteiger partial charge in [0, 0.05) is 13.7 Å². The Labute approximate surface area is 117 Å². The SMILES string of the molecule is COCCCCOc1cc(C(=O)O)ccc1C(=O)OC. The first-order chi connectivity index (χ1) is 9.60. The topological polar surface area (TPSA) is 82.1 Å². The Morgan fingerprint density at radius 2 is 1.85 bits per heavy atom. The maximum absolute atomic E-state index is 11.6. The molecule has 20 heavy (non-hydrogen) atoms. The van der Waals surface area contributed by atoms with E-state index < -0.39 is 11.9 Å². The Balaban J connectivity index is 2.80. The van der Waals surface area contributed by atoms with Crippen LogP contribution in [0.1, 0.15) is 33.6 Å². The van der Waals surface area contributed by atoms with Crippen molar-refractivity contribution >= 4 is 11.9 Å². The minimum Gasteiger partial charge on any atom is -0.493 e. The number of carboxylic acid groups (broad SMARTS) is 1. The first-order valence-electron chi connectivity index (χ1n) is 6.17. The van der Waals surface area contributed by atoms with E-state index >= 15 is 0 Å². The van der Waals surface area contributed by atoms with Gasteiger partial charge in [-0.1, -0.05) is 0 Å². The van der Waals surface area contributed by atoms with Crippen LogP contribution in [-0.4, -0.2) is 44.5 Å². The Morgan fingerprint density at radius 1 is 1.15 bits per heavy atom. The Kier molecular flexibility index (Phi) is 6.52. The molecule has 1 aromatic rings. The van der Waals surface area contributed by atoms with E-state index in [0.29, 0.717) is 13.2 Å². The number of esters is 1. The highest BCUT2D eigenvalue weighted by molar-refractivity contribution is 5.95. The molecule has 0 atom stereocenters. The summed E-state index contributed by atoms with van der Waals surface area (Å²) in [4.78, 5) is 22.5. The number of carbonyl (C=O) groups excluding carboxylic acids is 1. The molecule has 0 aliphatic heterocycles. The van der Waals surface area contributed by atoms with E-state index in [-0.39, 0.29) is 16.9 Å². The number of aromatic carboxylic acids is 1. The molecule has 0 aliphatic rings. The van der Waals surface area contributed by atoms with E-state index in [1.54, 1.807) is 7.11 Å². The highest BCUT2D eigenvalue weighted by atomic mass is 16.5. The normalized spacial score (nSPS) is 10.1. The average Bonchev–Trinajstić information content (AvgIpc) is 2.46. The van der Waals surface area contributed by atoms with Crippen molar-refractivity contribution in [1.82, 2.24) is 0 Å². The van der Waals surface area contributed by atoms with Gasteiger partial charge in [-0.25, -0.2) is 9.59 Å². The Morgan fingerprint density at radius 3 is 2.45 bits per heavy atom. The van der Waals surface area contributed by atoms with E-state index in [4.69, 9.17) is 14.6 Å². The molecule has 0 saturated heterocycles. The zero-order valence-corrected chi connectivity index (χ0v) is 11.5. The van der Waals surface area contributed by atoms with E-state index in [9.17, 15) is 9.59 Å². The van der Waals surface area contributed by atoms with Gasteiger partial charge >= 0.3 is 11.9 Å². The maximum atomic E-state index is 11.6. The number of methoxy groups -OCH3 is 2. The summed E-state index contributed by atoms with van der Waals surface area (Å²) in [5, 5.41) is 8.95. The molecule has 1 N–H and O–H groups in total. The molecule has 1 rings (SSSR count). The number of carbonyl (C=O) groups is 2. The van der Waals surface area contributed by atoms with Crippen LogP contribution in [0.25, 0.3) is 0 Å². The number of rotatable bonds is 8. The zero-order valence-electron chi connectivity index (χ0n) is 11.5. The minimum absolute atomic E-state index is 0.0598. The summed E-state index contributed by atoms with van der Waals surface area (Å²) < 4.78 is 15.0. The number of carboxylic acids is 1. The largest absolute Gasteiger partial charge is 0.493 e. The van der Waals surface area contributed by atoms with E-state index in [1.807, 2.05) is 0 Å². The van der Waals surface area contributed by atoms with Crippen LogP contribution < -0.4 is 4.74 Å². The fourth-order valence-electron chi connectivity index (χ4n) is 1.58. The van der Waals surface area contributed by atoms with Crippen LogP contribution in [0.15, 0.2) is 18.2 Å². The first-order valence-corrected chi connectivity index (χ1v) is 6.17. The molecule has 0 amide bonds. The molecule has 0 spiro atoms. The van der Waals surface area contributed by atoms with Crippen LogP contribution in [-0.2, 0) is 9.47 Å². The van der Waals surface area contributed by atoms with Gasteiger partial charge in [-0.15, -0.1) is 0 Å². The lowest BCUT2D eigenvalue weighted by Crippen LogP contribution is -2.09. The highest BCUT2D eigenvalue weighted by Gasteiger charge is 2.15. The van der Waals surface area contributed by atoms with Crippen LogP contribution in [0.4, 0.5) is 0 Å². The van der Waals surface area contributed by atoms with Crippen LogP contribution in [0, 0.1) is 0 Å². The van der Waals surface area contributed by atoms with Crippen LogP contribution >= 0.6 is 0 Å². The Bertz CT molecular complexity index is 469. The molecule has 0 bridgehead atoms. The van der Waals surface area contributed by atoms with Crippen molar-refractivity contribution in [1.29, 1.82) is 0 Å². The van der Waals surface area contributed by atoms with E-state index in [1.165, 1.54) is 25.3 Å². The maximum Gasteiger partial charge on any atom is 0.341 e. The number of ether oxygens (including phenoxy) is 3. The third-order valence-corrected chi connectivity index (χ3v) is 2.63.